The van der Waals surface area contributed by atoms with Gasteiger partial charge in [0.25, 0.3) is 0 Å². The number of imidazole rings is 1. The van der Waals surface area contributed by atoms with E-state index in [-0.39, 0.29) is 0 Å². The molecule has 0 aliphatic rings. The fourth-order valence-corrected chi connectivity index (χ4v) is 2.40. The molecular formula is C10H11ClN2S. The Morgan fingerprint density at radius 2 is 2.36 bits per heavy atom. The van der Waals surface area contributed by atoms with Crippen LogP contribution in [0.15, 0.2) is 23.3 Å². The summed E-state index contributed by atoms with van der Waals surface area (Å²) in [5, 5.41) is 4.33. The Morgan fingerprint density at radius 3 is 3.00 bits per heavy atom. The quantitative estimate of drug-likeness (QED) is 0.736. The van der Waals surface area contributed by atoms with E-state index in [2.05, 4.69) is 27.2 Å². The fourth-order valence-electron chi connectivity index (χ4n) is 1.33. The predicted molar refractivity (Wildman–Crippen MR) is 59.9 cm³/mol. The molecule has 0 atom stereocenters. The number of nitrogens with zero attached hydrogens (tertiary/aromatic N) is 2. The number of aromatic nitrogens is 2. The lowest BCUT2D eigenvalue weighted by atomic mass is 10.2. The first-order chi connectivity index (χ1) is 6.81. The van der Waals surface area contributed by atoms with Gasteiger partial charge in [0.15, 0.2) is 0 Å². The molecule has 14 heavy (non-hydrogen) atoms. The summed E-state index contributed by atoms with van der Waals surface area (Å²) in [6.45, 7) is 3.00. The largest absolute Gasteiger partial charge is 0.329 e. The highest BCUT2D eigenvalue weighted by molar-refractivity contribution is 7.08. The third-order valence-corrected chi connectivity index (χ3v) is 3.42. The molecule has 0 N–H and O–H groups in total. The molecule has 0 aliphatic carbocycles. The molecule has 0 saturated heterocycles. The number of rotatable bonds is 3. The zero-order valence-corrected chi connectivity index (χ0v) is 9.48. The highest BCUT2D eigenvalue weighted by atomic mass is 35.5. The molecular weight excluding hydrogens is 216 g/mol. The standard InChI is InChI=1S/C10H11ClN2S/c1-8-5-14-6-9(8)4-13-7-12-3-10(13)2-11/h3,5-7H,2,4H2,1H3. The lowest BCUT2D eigenvalue weighted by Crippen LogP contribution is -2.01. The molecule has 2 aromatic heterocycles. The van der Waals surface area contributed by atoms with Crippen molar-refractivity contribution < 1.29 is 0 Å². The normalized spacial score (nSPS) is 10.7. The highest BCUT2D eigenvalue weighted by Crippen LogP contribution is 2.16. The van der Waals surface area contributed by atoms with Crippen molar-refractivity contribution in [3.8, 4) is 0 Å². The van der Waals surface area contributed by atoms with Crippen LogP contribution in [-0.4, -0.2) is 9.55 Å². The van der Waals surface area contributed by atoms with Crippen molar-refractivity contribution in [2.75, 3.05) is 0 Å². The molecule has 0 amide bonds. The fraction of sp³-hybridized carbons (Fsp3) is 0.300. The molecule has 0 bridgehead atoms. The Balaban J connectivity index is 2.22. The van der Waals surface area contributed by atoms with Gasteiger partial charge in [-0.25, -0.2) is 4.98 Å². The van der Waals surface area contributed by atoms with E-state index in [9.17, 15) is 0 Å². The maximum absolute atomic E-state index is 5.80. The number of hydrogen-bond donors (Lipinski definition) is 0. The van der Waals surface area contributed by atoms with E-state index in [4.69, 9.17) is 11.6 Å². The van der Waals surface area contributed by atoms with Gasteiger partial charge in [-0.3, -0.25) is 0 Å². The summed E-state index contributed by atoms with van der Waals surface area (Å²) in [4.78, 5) is 4.09. The van der Waals surface area contributed by atoms with Gasteiger partial charge >= 0.3 is 0 Å². The SMILES string of the molecule is Cc1cscc1Cn1cncc1CCl. The van der Waals surface area contributed by atoms with Gasteiger partial charge in [0.2, 0.25) is 0 Å². The van der Waals surface area contributed by atoms with E-state index in [1.165, 1.54) is 11.1 Å². The van der Waals surface area contributed by atoms with Crippen LogP contribution >= 0.6 is 22.9 Å². The number of halogens is 1. The van der Waals surface area contributed by atoms with Crippen LogP contribution in [0.2, 0.25) is 0 Å². The van der Waals surface area contributed by atoms with Crippen LogP contribution < -0.4 is 0 Å². The average Bonchev–Trinajstić information content (AvgIpc) is 2.77. The second-order valence-corrected chi connectivity index (χ2v) is 4.24. The Bertz CT molecular complexity index is 419. The summed E-state index contributed by atoms with van der Waals surface area (Å²) >= 11 is 7.53. The zero-order valence-electron chi connectivity index (χ0n) is 7.90. The summed E-state index contributed by atoms with van der Waals surface area (Å²) in [7, 11) is 0. The molecule has 74 valence electrons. The van der Waals surface area contributed by atoms with E-state index in [1.807, 2.05) is 12.5 Å². The molecule has 0 aliphatic heterocycles. The van der Waals surface area contributed by atoms with Crippen LogP contribution in [0.25, 0.3) is 0 Å². The molecule has 2 aromatic rings. The minimum absolute atomic E-state index is 0.517. The predicted octanol–water partition coefficient (Wildman–Crippen LogP) is 3.04. The minimum atomic E-state index is 0.517. The average molecular weight is 227 g/mol. The molecule has 0 fully saturated rings. The van der Waals surface area contributed by atoms with Gasteiger partial charge in [-0.05, 0) is 28.8 Å². The molecule has 0 aromatic carbocycles. The van der Waals surface area contributed by atoms with Crippen molar-refractivity contribution in [3.05, 3.63) is 40.1 Å². The maximum Gasteiger partial charge on any atom is 0.0951 e. The smallest absolute Gasteiger partial charge is 0.0951 e. The number of aryl methyl sites for hydroxylation is 1. The summed E-state index contributed by atoms with van der Waals surface area (Å²) in [6, 6.07) is 0. The molecule has 2 nitrogen and oxygen atoms in total. The zero-order chi connectivity index (χ0) is 9.97. The van der Waals surface area contributed by atoms with Crippen molar-refractivity contribution in [1.82, 2.24) is 9.55 Å². The summed E-state index contributed by atoms with van der Waals surface area (Å²) < 4.78 is 2.09. The lowest BCUT2D eigenvalue weighted by Gasteiger charge is -2.05. The second kappa shape index (κ2) is 4.15. The minimum Gasteiger partial charge on any atom is -0.329 e. The van der Waals surface area contributed by atoms with Crippen molar-refractivity contribution in [3.63, 3.8) is 0 Å². The molecule has 0 radical (unpaired) electrons. The second-order valence-electron chi connectivity index (χ2n) is 3.23. The van der Waals surface area contributed by atoms with E-state index >= 15 is 0 Å². The van der Waals surface area contributed by atoms with Gasteiger partial charge in [-0.15, -0.1) is 11.6 Å². The number of thiophene rings is 1. The molecule has 2 heterocycles. The van der Waals surface area contributed by atoms with Crippen LogP contribution in [0.3, 0.4) is 0 Å². The monoisotopic (exact) mass is 226 g/mol. The Hall–Kier alpha value is -0.800. The van der Waals surface area contributed by atoms with Crippen LogP contribution in [0, 0.1) is 6.92 Å². The van der Waals surface area contributed by atoms with E-state index in [1.54, 1.807) is 11.3 Å². The van der Waals surface area contributed by atoms with E-state index in [0.29, 0.717) is 5.88 Å². The summed E-state index contributed by atoms with van der Waals surface area (Å²) in [5.74, 6) is 0.517. The maximum atomic E-state index is 5.80. The number of alkyl halides is 1. The Kier molecular flexibility index (Phi) is 2.89. The van der Waals surface area contributed by atoms with Crippen molar-refractivity contribution in [1.29, 1.82) is 0 Å². The van der Waals surface area contributed by atoms with Crippen LogP contribution in [0.1, 0.15) is 16.8 Å². The van der Waals surface area contributed by atoms with Crippen LogP contribution in [0.4, 0.5) is 0 Å². The van der Waals surface area contributed by atoms with Gasteiger partial charge in [-0.2, -0.15) is 11.3 Å². The molecule has 0 spiro atoms. The highest BCUT2D eigenvalue weighted by Gasteiger charge is 2.04. The lowest BCUT2D eigenvalue weighted by molar-refractivity contribution is 0.763. The van der Waals surface area contributed by atoms with Crippen LogP contribution in [-0.2, 0) is 12.4 Å². The van der Waals surface area contributed by atoms with Gasteiger partial charge in [0.1, 0.15) is 0 Å². The molecule has 4 heteroatoms. The number of hydrogen-bond acceptors (Lipinski definition) is 2. The topological polar surface area (TPSA) is 17.8 Å². The molecule has 0 saturated carbocycles. The van der Waals surface area contributed by atoms with Gasteiger partial charge in [0.05, 0.1) is 17.9 Å². The first-order valence-electron chi connectivity index (χ1n) is 4.38. The van der Waals surface area contributed by atoms with E-state index < -0.39 is 0 Å². The third kappa shape index (κ3) is 1.83. The summed E-state index contributed by atoms with van der Waals surface area (Å²) in [5.41, 5.74) is 3.75. The van der Waals surface area contributed by atoms with Crippen LogP contribution in [0.5, 0.6) is 0 Å². The van der Waals surface area contributed by atoms with Gasteiger partial charge in [0, 0.05) is 12.7 Å². The van der Waals surface area contributed by atoms with Crippen molar-refractivity contribution in [2.45, 2.75) is 19.3 Å². The Morgan fingerprint density at radius 1 is 1.50 bits per heavy atom. The van der Waals surface area contributed by atoms with Crippen molar-refractivity contribution in [2.24, 2.45) is 0 Å². The molecule has 0 unspecified atom stereocenters. The van der Waals surface area contributed by atoms with Crippen molar-refractivity contribution >= 4 is 22.9 Å². The third-order valence-electron chi connectivity index (χ3n) is 2.24. The summed E-state index contributed by atoms with van der Waals surface area (Å²) in [6.07, 6.45) is 3.64. The van der Waals surface area contributed by atoms with Gasteiger partial charge in [-0.1, -0.05) is 0 Å². The Labute approximate surface area is 92.2 Å². The van der Waals surface area contributed by atoms with Gasteiger partial charge < -0.3 is 4.57 Å². The van der Waals surface area contributed by atoms with E-state index in [0.717, 1.165) is 12.2 Å². The molecule has 2 rings (SSSR count). The first-order valence-corrected chi connectivity index (χ1v) is 5.85. The first kappa shape index (κ1) is 9.74.